The lowest BCUT2D eigenvalue weighted by Crippen LogP contribution is -2.37. The molecule has 1 unspecified atom stereocenters. The quantitative estimate of drug-likeness (QED) is 0.750. The Bertz CT molecular complexity index is 645. The summed E-state index contributed by atoms with van der Waals surface area (Å²) >= 11 is 0. The molecule has 1 atom stereocenters. The molecule has 0 N–H and O–H groups in total. The Morgan fingerprint density at radius 2 is 1.68 bits per heavy atom. The van der Waals surface area contributed by atoms with Crippen LogP contribution in [0.15, 0.2) is 48.5 Å². The Hall–Kier alpha value is -1.71. The second-order valence-electron chi connectivity index (χ2n) is 7.21. The maximum Gasteiger partial charge on any atom is 0.123 e. The highest BCUT2D eigenvalue weighted by molar-refractivity contribution is 5.23. The van der Waals surface area contributed by atoms with Gasteiger partial charge in [0.1, 0.15) is 5.82 Å². The monoisotopic (exact) mass is 341 g/mol. The van der Waals surface area contributed by atoms with Crippen LogP contribution in [0, 0.1) is 18.7 Å². The highest BCUT2D eigenvalue weighted by Crippen LogP contribution is 2.25. The Morgan fingerprint density at radius 3 is 2.28 bits per heavy atom. The average molecular weight is 341 g/mol. The highest BCUT2D eigenvalue weighted by Gasteiger charge is 2.22. The number of likely N-dealkylation sites (tertiary alicyclic amines) is 1. The zero-order chi connectivity index (χ0) is 17.6. The molecule has 134 valence electrons. The molecule has 1 aliphatic rings. The fourth-order valence-corrected chi connectivity index (χ4v) is 3.66. The summed E-state index contributed by atoms with van der Waals surface area (Å²) in [5.74, 6) is 0.544. The molecule has 3 rings (SSSR count). The van der Waals surface area contributed by atoms with Crippen molar-refractivity contribution in [1.82, 2.24) is 4.90 Å². The lowest BCUT2D eigenvalue weighted by Gasteiger charge is -2.34. The van der Waals surface area contributed by atoms with Crippen LogP contribution in [0.3, 0.4) is 0 Å². The maximum atomic E-state index is 13.0. The molecule has 25 heavy (non-hydrogen) atoms. The van der Waals surface area contributed by atoms with E-state index in [4.69, 9.17) is 4.74 Å². The van der Waals surface area contributed by atoms with Crippen LogP contribution in [0.2, 0.25) is 0 Å². The summed E-state index contributed by atoms with van der Waals surface area (Å²) in [7, 11) is 1.80. The summed E-state index contributed by atoms with van der Waals surface area (Å²) < 4.78 is 18.8. The van der Waals surface area contributed by atoms with Crippen LogP contribution in [0.1, 0.15) is 35.6 Å². The van der Waals surface area contributed by atoms with Crippen LogP contribution in [-0.2, 0) is 11.2 Å². The number of hydrogen-bond donors (Lipinski definition) is 0. The van der Waals surface area contributed by atoms with Crippen LogP contribution in [-0.4, -0.2) is 31.6 Å². The molecule has 2 aromatic rings. The molecule has 1 fully saturated rings. The first kappa shape index (κ1) is 18.1. The van der Waals surface area contributed by atoms with Gasteiger partial charge in [-0.15, -0.1) is 0 Å². The first-order valence-electron chi connectivity index (χ1n) is 9.20. The molecule has 2 aromatic carbocycles. The smallest absolute Gasteiger partial charge is 0.123 e. The Morgan fingerprint density at radius 1 is 1.04 bits per heavy atom. The van der Waals surface area contributed by atoms with Crippen molar-refractivity contribution >= 4 is 0 Å². The number of methoxy groups -OCH3 is 1. The van der Waals surface area contributed by atoms with Crippen molar-refractivity contribution in [2.45, 2.75) is 32.3 Å². The SMILES string of the molecule is COC(CN1CCC(Cc2ccc(F)cc2)CC1)c1ccc(C)cc1. The lowest BCUT2D eigenvalue weighted by atomic mass is 9.90. The van der Waals surface area contributed by atoms with Gasteiger partial charge in [-0.3, -0.25) is 0 Å². The fraction of sp³-hybridized carbons (Fsp3) is 0.455. The van der Waals surface area contributed by atoms with Crippen molar-refractivity contribution in [1.29, 1.82) is 0 Å². The van der Waals surface area contributed by atoms with Crippen LogP contribution < -0.4 is 0 Å². The summed E-state index contributed by atoms with van der Waals surface area (Å²) in [6.07, 6.45) is 3.58. The normalized spacial score (nSPS) is 17.6. The summed E-state index contributed by atoms with van der Waals surface area (Å²) in [6, 6.07) is 15.6. The van der Waals surface area contributed by atoms with E-state index in [0.717, 1.165) is 26.1 Å². The minimum Gasteiger partial charge on any atom is -0.375 e. The van der Waals surface area contributed by atoms with Crippen LogP contribution in [0.25, 0.3) is 0 Å². The zero-order valence-corrected chi connectivity index (χ0v) is 15.2. The van der Waals surface area contributed by atoms with E-state index in [1.165, 1.54) is 29.5 Å². The van der Waals surface area contributed by atoms with E-state index in [2.05, 4.69) is 36.1 Å². The highest BCUT2D eigenvalue weighted by atomic mass is 19.1. The molecule has 0 amide bonds. The number of nitrogens with zero attached hydrogens (tertiary/aromatic N) is 1. The van der Waals surface area contributed by atoms with Crippen molar-refractivity contribution < 1.29 is 9.13 Å². The molecule has 0 radical (unpaired) electrons. The van der Waals surface area contributed by atoms with Gasteiger partial charge in [-0.05, 0) is 68.5 Å². The molecular formula is C22H28FNO. The first-order valence-corrected chi connectivity index (χ1v) is 9.20. The van der Waals surface area contributed by atoms with Gasteiger partial charge in [0.2, 0.25) is 0 Å². The van der Waals surface area contributed by atoms with E-state index in [9.17, 15) is 4.39 Å². The van der Waals surface area contributed by atoms with Crippen molar-refractivity contribution in [2.75, 3.05) is 26.7 Å². The Kier molecular flexibility index (Phi) is 6.22. The van der Waals surface area contributed by atoms with Crippen molar-refractivity contribution in [3.8, 4) is 0 Å². The predicted octanol–water partition coefficient (Wildman–Crippen LogP) is 4.78. The third-order valence-electron chi connectivity index (χ3n) is 5.30. The van der Waals surface area contributed by atoms with E-state index in [1.54, 1.807) is 19.2 Å². The molecule has 1 heterocycles. The van der Waals surface area contributed by atoms with Crippen molar-refractivity contribution in [3.05, 3.63) is 71.0 Å². The number of ether oxygens (including phenoxy) is 1. The number of rotatable bonds is 6. The van der Waals surface area contributed by atoms with Gasteiger partial charge in [-0.25, -0.2) is 4.39 Å². The van der Waals surface area contributed by atoms with Crippen molar-refractivity contribution in [2.24, 2.45) is 5.92 Å². The topological polar surface area (TPSA) is 12.5 Å². The number of piperidine rings is 1. The van der Waals surface area contributed by atoms with Gasteiger partial charge in [0.15, 0.2) is 0 Å². The standard InChI is InChI=1S/C22H28FNO/c1-17-3-7-20(8-4-17)22(25-2)16-24-13-11-19(12-14-24)15-18-5-9-21(23)10-6-18/h3-10,19,22H,11-16H2,1-2H3. The molecule has 3 heteroatoms. The number of benzene rings is 2. The largest absolute Gasteiger partial charge is 0.375 e. The van der Waals surface area contributed by atoms with Gasteiger partial charge in [0, 0.05) is 13.7 Å². The Balaban J connectivity index is 1.49. The predicted molar refractivity (Wildman–Crippen MR) is 100 cm³/mol. The van der Waals surface area contributed by atoms with E-state index in [-0.39, 0.29) is 11.9 Å². The molecule has 1 aliphatic heterocycles. The number of halogens is 1. The summed E-state index contributed by atoms with van der Waals surface area (Å²) in [6.45, 7) is 5.27. The zero-order valence-electron chi connectivity index (χ0n) is 15.2. The molecule has 0 saturated carbocycles. The maximum absolute atomic E-state index is 13.0. The van der Waals surface area contributed by atoms with E-state index < -0.39 is 0 Å². The van der Waals surface area contributed by atoms with Gasteiger partial charge in [0.05, 0.1) is 6.10 Å². The van der Waals surface area contributed by atoms with Crippen molar-refractivity contribution in [3.63, 3.8) is 0 Å². The molecule has 0 aromatic heterocycles. The molecule has 0 bridgehead atoms. The first-order chi connectivity index (χ1) is 12.1. The van der Waals surface area contributed by atoms with E-state index >= 15 is 0 Å². The lowest BCUT2D eigenvalue weighted by molar-refractivity contribution is 0.0505. The van der Waals surface area contributed by atoms with Crippen LogP contribution in [0.5, 0.6) is 0 Å². The summed E-state index contributed by atoms with van der Waals surface area (Å²) in [4.78, 5) is 2.51. The summed E-state index contributed by atoms with van der Waals surface area (Å²) in [5.41, 5.74) is 3.77. The van der Waals surface area contributed by atoms with Gasteiger partial charge in [-0.1, -0.05) is 42.0 Å². The second-order valence-corrected chi connectivity index (χ2v) is 7.21. The summed E-state index contributed by atoms with van der Waals surface area (Å²) in [5, 5.41) is 0. The molecular weight excluding hydrogens is 313 g/mol. The molecule has 0 spiro atoms. The van der Waals surface area contributed by atoms with Crippen LogP contribution >= 0.6 is 0 Å². The third kappa shape index (κ3) is 5.13. The number of aryl methyl sites for hydroxylation is 1. The van der Waals surface area contributed by atoms with Gasteiger partial charge >= 0.3 is 0 Å². The van der Waals surface area contributed by atoms with Gasteiger partial charge < -0.3 is 9.64 Å². The molecule has 1 saturated heterocycles. The molecule has 2 nitrogen and oxygen atoms in total. The van der Waals surface area contributed by atoms with E-state index in [1.807, 2.05) is 12.1 Å². The third-order valence-corrected chi connectivity index (χ3v) is 5.30. The second kappa shape index (κ2) is 8.59. The molecule has 0 aliphatic carbocycles. The minimum absolute atomic E-state index is 0.134. The van der Waals surface area contributed by atoms with E-state index in [0.29, 0.717) is 5.92 Å². The fourth-order valence-electron chi connectivity index (χ4n) is 3.66. The van der Waals surface area contributed by atoms with Gasteiger partial charge in [-0.2, -0.15) is 0 Å². The minimum atomic E-state index is -0.153. The number of hydrogen-bond acceptors (Lipinski definition) is 2. The Labute approximate surface area is 150 Å². The van der Waals surface area contributed by atoms with Crippen LogP contribution in [0.4, 0.5) is 4.39 Å². The average Bonchev–Trinajstić information content (AvgIpc) is 2.64. The van der Waals surface area contributed by atoms with Gasteiger partial charge in [0.25, 0.3) is 0 Å².